The van der Waals surface area contributed by atoms with Gasteiger partial charge < -0.3 is 0 Å². The van der Waals surface area contributed by atoms with Crippen LogP contribution < -0.4 is 0 Å². The van der Waals surface area contributed by atoms with Crippen molar-refractivity contribution in [3.05, 3.63) is 23.5 Å². The normalized spacial score (nSPS) is 18.7. The van der Waals surface area contributed by atoms with Gasteiger partial charge in [-0.05, 0) is 12.2 Å². The first-order valence-corrected chi connectivity index (χ1v) is 2.46. The molecule has 2 heterocycles. The van der Waals surface area contributed by atoms with Crippen LogP contribution in [0.3, 0.4) is 0 Å². The van der Waals surface area contributed by atoms with E-state index in [1.807, 2.05) is 12.2 Å². The van der Waals surface area contributed by atoms with Crippen LogP contribution in [0.2, 0.25) is 0 Å². The smallest absolute Gasteiger partial charge is 0.0901 e. The molecule has 44 valence electrons. The van der Waals surface area contributed by atoms with E-state index in [4.69, 9.17) is 0 Å². The predicted octanol–water partition coefficient (Wildman–Crippen LogP) is 0.921. The topological polar surface area (TPSA) is 24.7 Å². The van der Waals surface area contributed by atoms with E-state index in [2.05, 4.69) is 9.98 Å². The Morgan fingerprint density at radius 2 is 1.33 bits per heavy atom. The molecule has 0 bridgehead atoms. The molecule has 0 fully saturated rings. The summed E-state index contributed by atoms with van der Waals surface area (Å²) >= 11 is 0. The maximum atomic E-state index is 4.02. The molecule has 0 aromatic heterocycles. The van der Waals surface area contributed by atoms with Crippen LogP contribution in [0.25, 0.3) is 0 Å². The molecule has 2 aliphatic heterocycles. The van der Waals surface area contributed by atoms with Crippen molar-refractivity contribution in [1.29, 1.82) is 0 Å². The van der Waals surface area contributed by atoms with Gasteiger partial charge in [0.15, 0.2) is 0 Å². The Bertz CT molecular complexity index is 209. The van der Waals surface area contributed by atoms with Crippen LogP contribution in [0.5, 0.6) is 0 Å². The molecule has 0 aromatic rings. The maximum Gasteiger partial charge on any atom is 0.0901 e. The molecule has 0 N–H and O–H groups in total. The first-order chi connectivity index (χ1) is 3.97. The molecule has 0 saturated heterocycles. The van der Waals surface area contributed by atoms with E-state index < -0.39 is 0 Å². The Balaban J connectivity index is 0.000000405. The third-order valence-electron chi connectivity index (χ3n) is 1.15. The first-order valence-electron chi connectivity index (χ1n) is 2.46. The van der Waals surface area contributed by atoms with Crippen molar-refractivity contribution in [2.45, 2.75) is 0 Å². The second-order valence-corrected chi connectivity index (χ2v) is 1.66. The van der Waals surface area contributed by atoms with Gasteiger partial charge >= 0.3 is 0 Å². The molecule has 2 aliphatic rings. The van der Waals surface area contributed by atoms with Crippen molar-refractivity contribution in [2.75, 3.05) is 0 Å². The molecule has 9 heavy (non-hydrogen) atoms. The molecule has 0 aliphatic carbocycles. The number of hydrogen-bond donors (Lipinski definition) is 0. The van der Waals surface area contributed by atoms with E-state index in [9.17, 15) is 0 Å². The minimum absolute atomic E-state index is 0. The summed E-state index contributed by atoms with van der Waals surface area (Å²) < 4.78 is 0. The van der Waals surface area contributed by atoms with Gasteiger partial charge in [-0.2, -0.15) is 0 Å². The largest absolute Gasteiger partial charge is 0.254 e. The summed E-state index contributed by atoms with van der Waals surface area (Å²) in [7, 11) is 0. The Kier molecular flexibility index (Phi) is 1.66. The van der Waals surface area contributed by atoms with Crippen molar-refractivity contribution in [3.63, 3.8) is 0 Å². The Hall–Kier alpha value is -0.648. The van der Waals surface area contributed by atoms with E-state index in [1.54, 1.807) is 12.4 Å². The third kappa shape index (κ3) is 0.894. The number of aliphatic imine (C=N–C) groups is 2. The second kappa shape index (κ2) is 2.30. The van der Waals surface area contributed by atoms with Crippen molar-refractivity contribution in [2.24, 2.45) is 9.98 Å². The number of nitrogens with zero attached hydrogens (tertiary/aromatic N) is 2. The van der Waals surface area contributed by atoms with Crippen LogP contribution in [0.4, 0.5) is 0 Å². The number of hydrogen-bond acceptors (Lipinski definition) is 2. The van der Waals surface area contributed by atoms with Crippen LogP contribution >= 0.6 is 0 Å². The fourth-order valence-corrected chi connectivity index (χ4v) is 0.765. The first kappa shape index (κ1) is 6.47. The van der Waals surface area contributed by atoms with E-state index in [0.29, 0.717) is 0 Å². The SMILES string of the molecule is C1=NC2=CC=NC2=C1.[Cr]. The second-order valence-electron chi connectivity index (χ2n) is 1.66. The van der Waals surface area contributed by atoms with Crippen LogP contribution in [0.1, 0.15) is 0 Å². The summed E-state index contributed by atoms with van der Waals surface area (Å²) in [6, 6.07) is 0. The Labute approximate surface area is 63.8 Å². The summed E-state index contributed by atoms with van der Waals surface area (Å²) in [6.45, 7) is 0. The summed E-state index contributed by atoms with van der Waals surface area (Å²) in [4.78, 5) is 8.03. The Morgan fingerprint density at radius 3 is 1.78 bits per heavy atom. The van der Waals surface area contributed by atoms with Gasteiger partial charge in [-0.25, -0.2) is 0 Å². The van der Waals surface area contributed by atoms with Crippen LogP contribution in [0, 0.1) is 0 Å². The average Bonchev–Trinajstić information content (AvgIpc) is 2.15. The average molecular weight is 156 g/mol. The molecule has 3 heteroatoms. The molecular weight excluding hydrogens is 152 g/mol. The summed E-state index contributed by atoms with van der Waals surface area (Å²) in [5.41, 5.74) is 1.98. The van der Waals surface area contributed by atoms with Gasteiger partial charge in [-0.15, -0.1) is 0 Å². The summed E-state index contributed by atoms with van der Waals surface area (Å²) in [5, 5.41) is 0. The minimum Gasteiger partial charge on any atom is -0.254 e. The molecule has 0 amide bonds. The van der Waals surface area contributed by atoms with Crippen molar-refractivity contribution in [3.8, 4) is 0 Å². The standard InChI is InChI=1S/C6H4N2.Cr/c1-3-7-6-2-4-8-5(1)6;/h1-4H;. The number of rotatable bonds is 0. The third-order valence-corrected chi connectivity index (χ3v) is 1.15. The predicted molar refractivity (Wildman–Crippen MR) is 33.1 cm³/mol. The van der Waals surface area contributed by atoms with Crippen molar-refractivity contribution < 1.29 is 17.4 Å². The zero-order valence-corrected chi connectivity index (χ0v) is 5.89. The maximum absolute atomic E-state index is 4.02. The molecule has 0 atom stereocenters. The molecule has 0 unspecified atom stereocenters. The molecule has 0 saturated carbocycles. The molecule has 0 aromatic carbocycles. The fraction of sp³-hybridized carbons (Fsp3) is 0. The van der Waals surface area contributed by atoms with Gasteiger partial charge in [0.2, 0.25) is 0 Å². The monoisotopic (exact) mass is 156 g/mol. The van der Waals surface area contributed by atoms with E-state index >= 15 is 0 Å². The molecule has 2 rings (SSSR count). The van der Waals surface area contributed by atoms with Crippen LogP contribution in [0.15, 0.2) is 33.5 Å². The Morgan fingerprint density at radius 1 is 0.889 bits per heavy atom. The summed E-state index contributed by atoms with van der Waals surface area (Å²) in [5.74, 6) is 0. The number of allylic oxidation sites excluding steroid dienone is 2. The minimum atomic E-state index is 0. The quantitative estimate of drug-likeness (QED) is 0.498. The summed E-state index contributed by atoms with van der Waals surface area (Å²) in [6.07, 6.45) is 7.32. The van der Waals surface area contributed by atoms with Gasteiger partial charge in [-0.1, -0.05) is 0 Å². The zero-order chi connectivity index (χ0) is 5.40. The van der Waals surface area contributed by atoms with Crippen LogP contribution in [-0.2, 0) is 17.4 Å². The zero-order valence-electron chi connectivity index (χ0n) is 4.61. The van der Waals surface area contributed by atoms with Gasteiger partial charge in [0.05, 0.1) is 11.4 Å². The van der Waals surface area contributed by atoms with Gasteiger partial charge in [0, 0.05) is 29.8 Å². The van der Waals surface area contributed by atoms with E-state index in [-0.39, 0.29) is 17.4 Å². The molecule has 2 nitrogen and oxygen atoms in total. The fourth-order valence-electron chi connectivity index (χ4n) is 0.765. The van der Waals surface area contributed by atoms with E-state index in [1.165, 1.54) is 0 Å². The van der Waals surface area contributed by atoms with Crippen LogP contribution in [-0.4, -0.2) is 12.4 Å². The molecular formula is C6H4CrN2. The van der Waals surface area contributed by atoms with E-state index in [0.717, 1.165) is 11.4 Å². The van der Waals surface area contributed by atoms with Crippen molar-refractivity contribution in [1.82, 2.24) is 0 Å². The van der Waals surface area contributed by atoms with Gasteiger partial charge in [-0.3, -0.25) is 9.98 Å². The molecule has 0 spiro atoms. The van der Waals surface area contributed by atoms with Crippen molar-refractivity contribution >= 4 is 12.4 Å². The number of fused-ring (bicyclic) bond motifs is 1. The molecule has 0 radical (unpaired) electrons. The van der Waals surface area contributed by atoms with Gasteiger partial charge in [0.25, 0.3) is 0 Å². The van der Waals surface area contributed by atoms with Gasteiger partial charge in [0.1, 0.15) is 0 Å².